The van der Waals surface area contributed by atoms with E-state index < -0.39 is 0 Å². The fourth-order valence-corrected chi connectivity index (χ4v) is 7.69. The van der Waals surface area contributed by atoms with Crippen LogP contribution in [0.25, 0.3) is 44.3 Å². The number of aromatic nitrogens is 5. The Hall–Kier alpha value is -6.64. The van der Waals surface area contributed by atoms with E-state index in [1.807, 2.05) is 29.1 Å². The maximum atomic E-state index is 5.14. The van der Waals surface area contributed by atoms with Crippen molar-refractivity contribution in [2.24, 2.45) is 0 Å². The molecule has 0 spiro atoms. The van der Waals surface area contributed by atoms with E-state index in [2.05, 4.69) is 162 Å². The third-order valence-corrected chi connectivity index (χ3v) is 10.2. The number of anilines is 6. The van der Waals surface area contributed by atoms with Gasteiger partial charge in [0.1, 0.15) is 11.0 Å². The van der Waals surface area contributed by atoms with Crippen molar-refractivity contribution in [1.29, 1.82) is 0 Å². The minimum Gasteiger partial charge on any atom is -0.311 e. The Bertz CT molecular complexity index is 2370. The van der Waals surface area contributed by atoms with E-state index in [9.17, 15) is 0 Å². The van der Waals surface area contributed by atoms with Crippen LogP contribution in [0.1, 0.15) is 19.8 Å². The number of aryl methyl sites for hydroxylation is 1. The molecule has 0 N–H and O–H groups in total. The monoisotopic (exact) mass is 719 g/mol. The zero-order valence-electron chi connectivity index (χ0n) is 29.8. The Morgan fingerprint density at radius 1 is 0.481 bits per heavy atom. The Kier molecular flexibility index (Phi) is 9.08. The quantitative estimate of drug-likeness (QED) is 0.124. The molecule has 2 aromatic heterocycles. The Morgan fingerprint density at radius 2 is 0.870 bits per heavy atom. The van der Waals surface area contributed by atoms with Crippen LogP contribution in [0, 0.1) is 0 Å². The average Bonchev–Trinajstić information content (AvgIpc) is 3.89. The smallest absolute Gasteiger partial charge is 0.279 e. The summed E-state index contributed by atoms with van der Waals surface area (Å²) in [5, 5.41) is 10.3. The minimum absolute atomic E-state index is 0.738. The molecule has 9 rings (SSSR count). The fourth-order valence-electron chi connectivity index (χ4n) is 7.13. The molecule has 8 heteroatoms. The lowest BCUT2D eigenvalue weighted by Gasteiger charge is -2.25. The predicted octanol–water partition coefficient (Wildman–Crippen LogP) is 12.4. The van der Waals surface area contributed by atoms with Gasteiger partial charge in [-0.3, -0.25) is 0 Å². The molecule has 0 bridgehead atoms. The summed E-state index contributed by atoms with van der Waals surface area (Å²) in [4.78, 5) is 6.39. The lowest BCUT2D eigenvalue weighted by atomic mass is 9.95. The maximum Gasteiger partial charge on any atom is 0.279 e. The van der Waals surface area contributed by atoms with Crippen LogP contribution in [-0.4, -0.2) is 19.4 Å². The maximum absolute atomic E-state index is 5.14. The van der Waals surface area contributed by atoms with Crippen molar-refractivity contribution in [3.05, 3.63) is 170 Å². The molecule has 0 atom stereocenters. The Labute approximate surface area is 318 Å². The highest BCUT2D eigenvalue weighted by molar-refractivity contribution is 7.00. The average molecular weight is 720 g/mol. The molecule has 0 fully saturated rings. The first-order valence-electron chi connectivity index (χ1n) is 18.3. The molecule has 0 aliphatic rings. The summed E-state index contributed by atoms with van der Waals surface area (Å²) in [6.07, 6.45) is 2.04. The van der Waals surface area contributed by atoms with Crippen molar-refractivity contribution in [1.82, 2.24) is 23.7 Å². The van der Waals surface area contributed by atoms with Gasteiger partial charge in [-0.2, -0.15) is 23.7 Å². The SMILES string of the molecule is CCCCn1nc2c(-c3ccc(N(c4ccccc4)c4ccccc4)cc3)c3n[s+][n-]c3c(-c3ccc(N(c4ccccc4)c4ccccc4)cc3)c2n1. The van der Waals surface area contributed by atoms with Crippen LogP contribution in [0.2, 0.25) is 0 Å². The number of rotatable bonds is 11. The zero-order chi connectivity index (χ0) is 36.3. The summed E-state index contributed by atoms with van der Waals surface area (Å²) in [7, 11) is 0. The van der Waals surface area contributed by atoms with Gasteiger partial charge in [0.05, 0.1) is 6.54 Å². The van der Waals surface area contributed by atoms with Gasteiger partial charge in [-0.05, 0) is 90.3 Å². The fraction of sp³-hybridized carbons (Fsp3) is 0.0870. The number of benzene rings is 7. The molecule has 0 amide bonds. The molecule has 7 nitrogen and oxygen atoms in total. The lowest BCUT2D eigenvalue weighted by Crippen LogP contribution is -2.09. The van der Waals surface area contributed by atoms with Crippen LogP contribution in [0.5, 0.6) is 0 Å². The molecule has 0 aliphatic heterocycles. The van der Waals surface area contributed by atoms with Crippen molar-refractivity contribution in [2.75, 3.05) is 9.80 Å². The van der Waals surface area contributed by atoms with E-state index >= 15 is 0 Å². The number of hydrogen-bond donors (Lipinski definition) is 0. The standard InChI is InChI=1S/C46H37N7S/c1-2-3-32-51-47-43-41(33-24-28-39(29-25-33)52(35-16-8-4-9-17-35)36-18-10-5-11-19-36)45-46(50-54-49-45)42(44(43)48-51)34-26-30-40(31-27-34)53(37-20-12-6-13-21-37)38-22-14-7-15-23-38/h4-31H,2-3,32H2,1H3. The first-order chi connectivity index (χ1) is 26.8. The van der Waals surface area contributed by atoms with E-state index in [1.165, 1.54) is 11.7 Å². The predicted molar refractivity (Wildman–Crippen MR) is 224 cm³/mol. The van der Waals surface area contributed by atoms with Crippen molar-refractivity contribution >= 4 is 67.9 Å². The molecule has 0 unspecified atom stereocenters. The molecule has 0 saturated carbocycles. The molecule has 0 saturated heterocycles. The van der Waals surface area contributed by atoms with E-state index in [1.54, 1.807) is 0 Å². The first-order valence-corrected chi connectivity index (χ1v) is 19.0. The molecular weight excluding hydrogens is 683 g/mol. The topological polar surface area (TPSA) is 64.2 Å². The summed E-state index contributed by atoms with van der Waals surface area (Å²) in [5.41, 5.74) is 13.8. The van der Waals surface area contributed by atoms with Crippen molar-refractivity contribution in [3.63, 3.8) is 0 Å². The third kappa shape index (κ3) is 6.27. The number of nitrogens with zero attached hydrogens (tertiary/aromatic N) is 7. The number of hydrogen-bond acceptors (Lipinski definition) is 5. The number of fused-ring (bicyclic) bond motifs is 2. The normalized spacial score (nSPS) is 11.3. The summed E-state index contributed by atoms with van der Waals surface area (Å²) >= 11 is 1.23. The highest BCUT2D eigenvalue weighted by Crippen LogP contribution is 2.43. The van der Waals surface area contributed by atoms with Gasteiger partial charge in [0.2, 0.25) is 0 Å². The Morgan fingerprint density at radius 3 is 1.30 bits per heavy atom. The van der Waals surface area contributed by atoms with E-state index in [4.69, 9.17) is 18.9 Å². The summed E-state index contributed by atoms with van der Waals surface area (Å²) in [5.74, 6) is 0. The second-order valence-corrected chi connectivity index (χ2v) is 13.7. The van der Waals surface area contributed by atoms with Crippen molar-refractivity contribution in [2.45, 2.75) is 26.3 Å². The van der Waals surface area contributed by atoms with Gasteiger partial charge >= 0.3 is 0 Å². The van der Waals surface area contributed by atoms with E-state index in [-0.39, 0.29) is 0 Å². The van der Waals surface area contributed by atoms with Gasteiger partial charge in [-0.1, -0.05) is 110 Å². The molecule has 262 valence electrons. The molecule has 7 aromatic carbocycles. The van der Waals surface area contributed by atoms with Crippen LogP contribution in [0.3, 0.4) is 0 Å². The van der Waals surface area contributed by atoms with E-state index in [0.717, 1.165) is 97.8 Å². The largest absolute Gasteiger partial charge is 0.311 e. The summed E-state index contributed by atoms with van der Waals surface area (Å²) in [6, 6.07) is 59.2. The van der Waals surface area contributed by atoms with Gasteiger partial charge in [0.25, 0.3) is 11.7 Å². The van der Waals surface area contributed by atoms with E-state index in [0.29, 0.717) is 0 Å². The molecule has 0 aliphatic carbocycles. The first kappa shape index (κ1) is 33.2. The van der Waals surface area contributed by atoms with Crippen LogP contribution in [-0.2, 0) is 6.54 Å². The van der Waals surface area contributed by atoms with Crippen LogP contribution < -0.4 is 14.2 Å². The second-order valence-electron chi connectivity index (χ2n) is 13.2. The molecule has 54 heavy (non-hydrogen) atoms. The van der Waals surface area contributed by atoms with Crippen LogP contribution in [0.15, 0.2) is 170 Å². The van der Waals surface area contributed by atoms with Gasteiger partial charge in [-0.15, -0.1) is 0 Å². The second kappa shape index (κ2) is 14.8. The number of unbranched alkanes of at least 4 members (excludes halogenated alkanes) is 1. The van der Waals surface area contributed by atoms with Crippen LogP contribution in [0.4, 0.5) is 34.1 Å². The molecular formula is C46H37N7S. The summed E-state index contributed by atoms with van der Waals surface area (Å²) < 4.78 is 9.83. The van der Waals surface area contributed by atoms with Gasteiger partial charge in [0.15, 0.2) is 0 Å². The highest BCUT2D eigenvalue weighted by atomic mass is 32.1. The van der Waals surface area contributed by atoms with Crippen molar-refractivity contribution in [3.8, 4) is 22.3 Å². The zero-order valence-corrected chi connectivity index (χ0v) is 30.6. The van der Waals surface area contributed by atoms with Crippen LogP contribution >= 0.6 is 11.7 Å². The van der Waals surface area contributed by atoms with Gasteiger partial charge in [0, 0.05) is 56.3 Å². The van der Waals surface area contributed by atoms with Gasteiger partial charge < -0.3 is 9.80 Å². The van der Waals surface area contributed by atoms with Crippen molar-refractivity contribution < 1.29 is 0 Å². The molecule has 9 aromatic rings. The Balaban J connectivity index is 1.16. The molecule has 0 radical (unpaired) electrons. The lowest BCUT2D eigenvalue weighted by molar-refractivity contribution is 0.514. The van der Waals surface area contributed by atoms with Gasteiger partial charge in [-0.25, -0.2) is 0 Å². The minimum atomic E-state index is 0.738. The highest BCUT2D eigenvalue weighted by Gasteiger charge is 2.23. The molecule has 2 heterocycles. The summed E-state index contributed by atoms with van der Waals surface area (Å²) in [6.45, 7) is 2.93. The number of para-hydroxylation sites is 4. The third-order valence-electron chi connectivity index (χ3n) is 9.69.